The number of ether oxygens (including phenoxy) is 2. The second kappa shape index (κ2) is 8.97. The van der Waals surface area contributed by atoms with Crippen LogP contribution >= 0.6 is 0 Å². The maximum atomic E-state index is 13.3. The molecule has 0 N–H and O–H groups in total. The molecule has 2 aromatic carbocycles. The summed E-state index contributed by atoms with van der Waals surface area (Å²) in [6.45, 7) is 4.07. The molecule has 3 saturated heterocycles. The lowest BCUT2D eigenvalue weighted by Gasteiger charge is -2.38. The molecule has 0 saturated carbocycles. The zero-order chi connectivity index (χ0) is 21.2. The second-order valence-corrected chi connectivity index (χ2v) is 8.89. The zero-order valence-electron chi connectivity index (χ0n) is 17.9. The number of nitrogens with zero attached hydrogens (tertiary/aromatic N) is 2. The number of likely N-dealkylation sites (tertiary alicyclic amines) is 2. The molecule has 3 heterocycles. The van der Waals surface area contributed by atoms with Crippen molar-refractivity contribution in [2.24, 2.45) is 11.8 Å². The molecule has 5 rings (SSSR count). The minimum atomic E-state index is -0.108. The molecule has 6 heteroatoms. The average Bonchev–Trinajstić information content (AvgIpc) is 3.38. The molecule has 0 aromatic heterocycles. The predicted octanol–water partition coefficient (Wildman–Crippen LogP) is 3.30. The summed E-state index contributed by atoms with van der Waals surface area (Å²) in [6.07, 6.45) is 3.46. The predicted molar refractivity (Wildman–Crippen MR) is 118 cm³/mol. The van der Waals surface area contributed by atoms with E-state index in [2.05, 4.69) is 0 Å². The van der Waals surface area contributed by atoms with E-state index in [4.69, 9.17) is 9.47 Å². The molecule has 2 aromatic rings. The molecule has 2 amide bonds. The number of rotatable bonds is 3. The van der Waals surface area contributed by atoms with Crippen LogP contribution in [0.2, 0.25) is 0 Å². The molecule has 0 spiro atoms. The Labute approximate surface area is 183 Å². The van der Waals surface area contributed by atoms with Gasteiger partial charge in [0.1, 0.15) is 0 Å². The molecule has 31 heavy (non-hydrogen) atoms. The van der Waals surface area contributed by atoms with E-state index in [-0.39, 0.29) is 24.0 Å². The van der Waals surface area contributed by atoms with Gasteiger partial charge in [0, 0.05) is 37.7 Å². The maximum absolute atomic E-state index is 13.3. The highest BCUT2D eigenvalue weighted by Gasteiger charge is 2.36. The molecule has 3 fully saturated rings. The van der Waals surface area contributed by atoms with Gasteiger partial charge in [0.2, 0.25) is 5.91 Å². The summed E-state index contributed by atoms with van der Waals surface area (Å²) in [5, 5.41) is 2.04. The van der Waals surface area contributed by atoms with Crippen molar-refractivity contribution in [3.63, 3.8) is 0 Å². The fourth-order valence-corrected chi connectivity index (χ4v) is 5.24. The Balaban J connectivity index is 1.23. The number of amides is 2. The van der Waals surface area contributed by atoms with Gasteiger partial charge in [-0.25, -0.2) is 0 Å². The quantitative estimate of drug-likeness (QED) is 0.762. The van der Waals surface area contributed by atoms with E-state index in [1.165, 1.54) is 0 Å². The third kappa shape index (κ3) is 4.19. The van der Waals surface area contributed by atoms with Gasteiger partial charge in [-0.3, -0.25) is 9.59 Å². The van der Waals surface area contributed by atoms with Crippen molar-refractivity contribution in [3.05, 3.63) is 48.0 Å². The maximum Gasteiger partial charge on any atom is 0.254 e. The standard InChI is InChI=1S/C25H30N2O4/c28-23(26-13-10-19(11-14-26)25-30-15-16-31-25)20-7-4-12-27(17-20)24(29)22-9-3-6-18-5-1-2-8-21(18)22/h1-3,5-6,8-9,19-20,25H,4,7,10-17H2. The Bertz CT molecular complexity index is 942. The summed E-state index contributed by atoms with van der Waals surface area (Å²) in [5.41, 5.74) is 0.726. The fraction of sp³-hybridized carbons (Fsp3) is 0.520. The second-order valence-electron chi connectivity index (χ2n) is 8.89. The van der Waals surface area contributed by atoms with Crippen LogP contribution in [-0.2, 0) is 14.3 Å². The van der Waals surface area contributed by atoms with Crippen LogP contribution in [0, 0.1) is 11.8 Å². The minimum Gasteiger partial charge on any atom is -0.350 e. The summed E-state index contributed by atoms with van der Waals surface area (Å²) in [6, 6.07) is 13.8. The SMILES string of the molecule is O=C(c1cccc2ccccc12)N1CCCC(C(=O)N2CCC(C3OCCO3)CC2)C1. The Hall–Kier alpha value is -2.44. The van der Waals surface area contributed by atoms with Gasteiger partial charge in [-0.05, 0) is 42.5 Å². The van der Waals surface area contributed by atoms with E-state index in [9.17, 15) is 9.59 Å². The van der Waals surface area contributed by atoms with Crippen molar-refractivity contribution < 1.29 is 19.1 Å². The average molecular weight is 423 g/mol. The summed E-state index contributed by atoms with van der Waals surface area (Å²) < 4.78 is 11.3. The van der Waals surface area contributed by atoms with E-state index in [0.717, 1.165) is 55.1 Å². The first-order valence-electron chi connectivity index (χ1n) is 11.5. The van der Waals surface area contributed by atoms with Crippen LogP contribution in [0.5, 0.6) is 0 Å². The van der Waals surface area contributed by atoms with E-state index < -0.39 is 0 Å². The Morgan fingerprint density at radius 2 is 1.58 bits per heavy atom. The molecule has 1 unspecified atom stereocenters. The third-order valence-corrected chi connectivity index (χ3v) is 6.96. The summed E-state index contributed by atoms with van der Waals surface area (Å²) in [7, 11) is 0. The first-order chi connectivity index (χ1) is 15.2. The van der Waals surface area contributed by atoms with Crippen molar-refractivity contribution >= 4 is 22.6 Å². The third-order valence-electron chi connectivity index (χ3n) is 6.96. The Morgan fingerprint density at radius 3 is 2.39 bits per heavy atom. The monoisotopic (exact) mass is 422 g/mol. The molecule has 6 nitrogen and oxygen atoms in total. The van der Waals surface area contributed by atoms with E-state index >= 15 is 0 Å². The van der Waals surface area contributed by atoms with Crippen molar-refractivity contribution in [2.45, 2.75) is 32.0 Å². The van der Waals surface area contributed by atoms with E-state index in [1.807, 2.05) is 52.3 Å². The van der Waals surface area contributed by atoms with Gasteiger partial charge in [0.15, 0.2) is 6.29 Å². The number of fused-ring (bicyclic) bond motifs is 1. The minimum absolute atomic E-state index is 0.0311. The van der Waals surface area contributed by atoms with Crippen molar-refractivity contribution in [2.75, 3.05) is 39.4 Å². The topological polar surface area (TPSA) is 59.1 Å². The van der Waals surface area contributed by atoms with Gasteiger partial charge < -0.3 is 19.3 Å². The molecule has 3 aliphatic rings. The molecule has 0 radical (unpaired) electrons. The van der Waals surface area contributed by atoms with Gasteiger partial charge in [0.05, 0.1) is 19.1 Å². The van der Waals surface area contributed by atoms with Crippen LogP contribution in [0.25, 0.3) is 10.8 Å². The van der Waals surface area contributed by atoms with Gasteiger partial charge in [0.25, 0.3) is 5.91 Å². The van der Waals surface area contributed by atoms with E-state index in [0.29, 0.717) is 32.2 Å². The Morgan fingerprint density at radius 1 is 0.839 bits per heavy atom. The first kappa shape index (κ1) is 20.5. The lowest BCUT2D eigenvalue weighted by molar-refractivity contribution is -0.142. The normalized spacial score (nSPS) is 23.4. The van der Waals surface area contributed by atoms with Gasteiger partial charge in [-0.15, -0.1) is 0 Å². The smallest absolute Gasteiger partial charge is 0.254 e. The van der Waals surface area contributed by atoms with Crippen molar-refractivity contribution in [3.8, 4) is 0 Å². The molecular weight excluding hydrogens is 392 g/mol. The summed E-state index contributed by atoms with van der Waals surface area (Å²) in [4.78, 5) is 30.4. The largest absolute Gasteiger partial charge is 0.350 e. The number of benzene rings is 2. The fourth-order valence-electron chi connectivity index (χ4n) is 5.24. The number of piperidine rings is 2. The highest BCUT2D eigenvalue weighted by atomic mass is 16.7. The summed E-state index contributed by atoms with van der Waals surface area (Å²) in [5.74, 6) is 0.496. The van der Waals surface area contributed by atoms with Crippen LogP contribution in [0.4, 0.5) is 0 Å². The van der Waals surface area contributed by atoms with Crippen LogP contribution in [0.15, 0.2) is 42.5 Å². The lowest BCUT2D eigenvalue weighted by atomic mass is 9.92. The highest BCUT2D eigenvalue weighted by molar-refractivity contribution is 6.07. The van der Waals surface area contributed by atoms with Crippen LogP contribution in [0.3, 0.4) is 0 Å². The number of hydrogen-bond acceptors (Lipinski definition) is 4. The van der Waals surface area contributed by atoms with Gasteiger partial charge >= 0.3 is 0 Å². The molecule has 3 aliphatic heterocycles. The highest BCUT2D eigenvalue weighted by Crippen LogP contribution is 2.29. The summed E-state index contributed by atoms with van der Waals surface area (Å²) >= 11 is 0. The Kier molecular flexibility index (Phi) is 5.92. The van der Waals surface area contributed by atoms with Gasteiger partial charge in [-0.1, -0.05) is 36.4 Å². The molecule has 1 atom stereocenters. The van der Waals surface area contributed by atoms with Crippen LogP contribution in [-0.4, -0.2) is 67.3 Å². The number of carbonyl (C=O) groups is 2. The molecule has 164 valence electrons. The first-order valence-corrected chi connectivity index (χ1v) is 11.5. The molecule has 0 aliphatic carbocycles. The number of carbonyl (C=O) groups excluding carboxylic acids is 2. The van der Waals surface area contributed by atoms with Crippen LogP contribution in [0.1, 0.15) is 36.0 Å². The van der Waals surface area contributed by atoms with Crippen molar-refractivity contribution in [1.29, 1.82) is 0 Å². The molecular formula is C25H30N2O4. The molecule has 0 bridgehead atoms. The zero-order valence-corrected chi connectivity index (χ0v) is 17.9. The van der Waals surface area contributed by atoms with Crippen molar-refractivity contribution in [1.82, 2.24) is 9.80 Å². The number of hydrogen-bond donors (Lipinski definition) is 0. The lowest BCUT2D eigenvalue weighted by Crippen LogP contribution is -2.49. The van der Waals surface area contributed by atoms with E-state index in [1.54, 1.807) is 0 Å². The van der Waals surface area contributed by atoms with Gasteiger partial charge in [-0.2, -0.15) is 0 Å². The van der Waals surface area contributed by atoms with Crippen LogP contribution < -0.4 is 0 Å².